The van der Waals surface area contributed by atoms with Gasteiger partial charge in [0.05, 0.1) is 12.6 Å². The maximum Gasteiger partial charge on any atom is 0.220 e. The summed E-state index contributed by atoms with van der Waals surface area (Å²) >= 11 is 0. The predicted octanol–water partition coefficient (Wildman–Crippen LogP) is 2.04. The van der Waals surface area contributed by atoms with E-state index in [-0.39, 0.29) is 11.9 Å². The molecule has 1 saturated heterocycles. The molecule has 1 aromatic rings. The number of hydrogen-bond acceptors (Lipinski definition) is 2. The summed E-state index contributed by atoms with van der Waals surface area (Å²) in [6, 6.07) is 8.11. The highest BCUT2D eigenvalue weighted by Gasteiger charge is 2.21. The highest BCUT2D eigenvalue weighted by Crippen LogP contribution is 2.25. The molecule has 1 aliphatic heterocycles. The fourth-order valence-corrected chi connectivity index (χ4v) is 1.83. The van der Waals surface area contributed by atoms with Crippen molar-refractivity contribution >= 4 is 5.91 Å². The molecule has 80 valence electrons. The van der Waals surface area contributed by atoms with Gasteiger partial charge in [0, 0.05) is 6.42 Å². The number of hydrogen-bond donors (Lipinski definition) is 1. The van der Waals surface area contributed by atoms with Gasteiger partial charge in [-0.3, -0.25) is 4.79 Å². The second kappa shape index (κ2) is 4.34. The Balaban J connectivity index is 2.06. The second-order valence-electron chi connectivity index (χ2n) is 3.66. The normalized spacial score (nSPS) is 20.1. The standard InChI is InChI=1S/C12H15NO2/c1-2-15-10-5-3-9(4-6-10)11-7-8-12(14)13-11/h3-6,11H,2,7-8H2,1H3,(H,13,14). The topological polar surface area (TPSA) is 38.3 Å². The van der Waals surface area contributed by atoms with Gasteiger partial charge in [-0.25, -0.2) is 0 Å². The number of carbonyl (C=O) groups is 1. The summed E-state index contributed by atoms with van der Waals surface area (Å²) in [4.78, 5) is 11.1. The summed E-state index contributed by atoms with van der Waals surface area (Å²) in [5.41, 5.74) is 1.16. The van der Waals surface area contributed by atoms with Gasteiger partial charge in [0.2, 0.25) is 5.91 Å². The monoisotopic (exact) mass is 205 g/mol. The second-order valence-corrected chi connectivity index (χ2v) is 3.66. The zero-order valence-electron chi connectivity index (χ0n) is 8.82. The highest BCUT2D eigenvalue weighted by atomic mass is 16.5. The minimum Gasteiger partial charge on any atom is -0.494 e. The van der Waals surface area contributed by atoms with Crippen LogP contribution in [-0.4, -0.2) is 12.5 Å². The van der Waals surface area contributed by atoms with Crippen LogP contribution in [0.25, 0.3) is 0 Å². The Labute approximate surface area is 89.4 Å². The third-order valence-electron chi connectivity index (χ3n) is 2.59. The van der Waals surface area contributed by atoms with Crippen LogP contribution >= 0.6 is 0 Å². The van der Waals surface area contributed by atoms with Crippen molar-refractivity contribution in [1.82, 2.24) is 5.32 Å². The van der Waals surface area contributed by atoms with Crippen LogP contribution in [-0.2, 0) is 4.79 Å². The molecule has 0 spiro atoms. The fraction of sp³-hybridized carbons (Fsp3) is 0.417. The Kier molecular flexibility index (Phi) is 2.90. The smallest absolute Gasteiger partial charge is 0.220 e. The highest BCUT2D eigenvalue weighted by molar-refractivity contribution is 5.78. The van der Waals surface area contributed by atoms with Crippen molar-refractivity contribution in [3.63, 3.8) is 0 Å². The molecule has 1 aromatic carbocycles. The molecule has 0 aromatic heterocycles. The third kappa shape index (κ3) is 2.29. The molecule has 0 saturated carbocycles. The third-order valence-corrected chi connectivity index (χ3v) is 2.59. The zero-order chi connectivity index (χ0) is 10.7. The molecule has 2 rings (SSSR count). The lowest BCUT2D eigenvalue weighted by atomic mass is 10.1. The number of amides is 1. The van der Waals surface area contributed by atoms with Crippen LogP contribution in [0.5, 0.6) is 5.75 Å². The van der Waals surface area contributed by atoms with Crippen molar-refractivity contribution in [2.45, 2.75) is 25.8 Å². The van der Waals surface area contributed by atoms with Crippen molar-refractivity contribution in [2.75, 3.05) is 6.61 Å². The number of rotatable bonds is 3. The lowest BCUT2D eigenvalue weighted by Crippen LogP contribution is -2.18. The van der Waals surface area contributed by atoms with E-state index in [2.05, 4.69) is 5.32 Å². The van der Waals surface area contributed by atoms with Crippen LogP contribution in [0.4, 0.5) is 0 Å². The van der Waals surface area contributed by atoms with Crippen LogP contribution in [0.3, 0.4) is 0 Å². The molecule has 1 aliphatic rings. The Bertz CT molecular complexity index is 345. The molecule has 1 fully saturated rings. The van der Waals surface area contributed by atoms with Gasteiger partial charge in [-0.15, -0.1) is 0 Å². The van der Waals surface area contributed by atoms with Crippen molar-refractivity contribution in [3.05, 3.63) is 29.8 Å². The van der Waals surface area contributed by atoms with E-state index in [4.69, 9.17) is 4.74 Å². The number of nitrogens with one attached hydrogen (secondary N) is 1. The summed E-state index contributed by atoms with van der Waals surface area (Å²) in [6.07, 6.45) is 1.53. The molecule has 1 atom stereocenters. The minimum absolute atomic E-state index is 0.147. The molecule has 3 nitrogen and oxygen atoms in total. The Morgan fingerprint density at radius 2 is 2.13 bits per heavy atom. The molecule has 1 N–H and O–H groups in total. The summed E-state index contributed by atoms with van der Waals surface area (Å²) in [7, 11) is 0. The van der Waals surface area contributed by atoms with Gasteiger partial charge in [-0.1, -0.05) is 12.1 Å². The van der Waals surface area contributed by atoms with E-state index in [0.717, 1.165) is 17.7 Å². The lowest BCUT2D eigenvalue weighted by molar-refractivity contribution is -0.119. The molecule has 0 bridgehead atoms. The van der Waals surface area contributed by atoms with Gasteiger partial charge in [-0.2, -0.15) is 0 Å². The average Bonchev–Trinajstić information content (AvgIpc) is 2.67. The molecule has 0 aliphatic carbocycles. The molecule has 1 amide bonds. The molecule has 0 radical (unpaired) electrons. The van der Waals surface area contributed by atoms with Gasteiger partial charge in [0.1, 0.15) is 5.75 Å². The minimum atomic E-state index is 0.147. The molecule has 1 unspecified atom stereocenters. The zero-order valence-corrected chi connectivity index (χ0v) is 8.82. The van der Waals surface area contributed by atoms with E-state index >= 15 is 0 Å². The van der Waals surface area contributed by atoms with E-state index < -0.39 is 0 Å². The Hall–Kier alpha value is -1.51. The summed E-state index contributed by atoms with van der Waals surface area (Å²) in [5, 5.41) is 2.94. The maximum atomic E-state index is 11.1. The molecule has 15 heavy (non-hydrogen) atoms. The molecule has 1 heterocycles. The van der Waals surface area contributed by atoms with Gasteiger partial charge in [0.25, 0.3) is 0 Å². The first-order valence-corrected chi connectivity index (χ1v) is 5.31. The van der Waals surface area contributed by atoms with E-state index in [9.17, 15) is 4.79 Å². The van der Waals surface area contributed by atoms with Crippen LogP contribution < -0.4 is 10.1 Å². The van der Waals surface area contributed by atoms with Gasteiger partial charge in [0.15, 0.2) is 0 Å². The summed E-state index contributed by atoms with van der Waals surface area (Å²) in [6.45, 7) is 2.64. The quantitative estimate of drug-likeness (QED) is 0.820. The first-order chi connectivity index (χ1) is 7.29. The summed E-state index contributed by atoms with van der Waals surface area (Å²) in [5.74, 6) is 1.03. The largest absolute Gasteiger partial charge is 0.494 e. The molecular weight excluding hydrogens is 190 g/mol. The van der Waals surface area contributed by atoms with E-state index in [1.54, 1.807) is 0 Å². The van der Waals surface area contributed by atoms with Gasteiger partial charge >= 0.3 is 0 Å². The van der Waals surface area contributed by atoms with Crippen LogP contribution in [0.1, 0.15) is 31.4 Å². The van der Waals surface area contributed by atoms with Crippen molar-refractivity contribution in [1.29, 1.82) is 0 Å². The molecule has 3 heteroatoms. The number of carbonyl (C=O) groups excluding carboxylic acids is 1. The number of benzene rings is 1. The van der Waals surface area contributed by atoms with Crippen molar-refractivity contribution < 1.29 is 9.53 Å². The first kappa shape index (κ1) is 10.0. The number of ether oxygens (including phenoxy) is 1. The fourth-order valence-electron chi connectivity index (χ4n) is 1.83. The van der Waals surface area contributed by atoms with E-state index in [0.29, 0.717) is 13.0 Å². The average molecular weight is 205 g/mol. The Morgan fingerprint density at radius 1 is 1.40 bits per heavy atom. The van der Waals surface area contributed by atoms with Crippen LogP contribution in [0, 0.1) is 0 Å². The summed E-state index contributed by atoms with van der Waals surface area (Å²) < 4.78 is 5.36. The Morgan fingerprint density at radius 3 is 2.67 bits per heavy atom. The molecular formula is C12H15NO2. The maximum absolute atomic E-state index is 11.1. The van der Waals surface area contributed by atoms with Gasteiger partial charge < -0.3 is 10.1 Å². The predicted molar refractivity (Wildman–Crippen MR) is 57.7 cm³/mol. The van der Waals surface area contributed by atoms with Crippen molar-refractivity contribution in [2.24, 2.45) is 0 Å². The van der Waals surface area contributed by atoms with E-state index in [1.807, 2.05) is 31.2 Å². The van der Waals surface area contributed by atoms with Crippen LogP contribution in [0.2, 0.25) is 0 Å². The van der Waals surface area contributed by atoms with E-state index in [1.165, 1.54) is 0 Å². The van der Waals surface area contributed by atoms with Gasteiger partial charge in [-0.05, 0) is 31.0 Å². The first-order valence-electron chi connectivity index (χ1n) is 5.31. The SMILES string of the molecule is CCOc1ccc(C2CCC(=O)N2)cc1. The van der Waals surface area contributed by atoms with Crippen molar-refractivity contribution in [3.8, 4) is 5.75 Å². The lowest BCUT2D eigenvalue weighted by Gasteiger charge is -2.11. The van der Waals surface area contributed by atoms with Crippen LogP contribution in [0.15, 0.2) is 24.3 Å².